The lowest BCUT2D eigenvalue weighted by Crippen LogP contribution is -2.49. The van der Waals surface area contributed by atoms with Crippen LogP contribution in [0.2, 0.25) is 18.1 Å². The second-order valence-electron chi connectivity index (χ2n) is 10.7. The van der Waals surface area contributed by atoms with Crippen molar-refractivity contribution in [2.24, 2.45) is 0 Å². The second-order valence-corrected chi connectivity index (χ2v) is 15.4. The Labute approximate surface area is 199 Å². The zero-order valence-corrected chi connectivity index (χ0v) is 21.9. The molecule has 1 aliphatic carbocycles. The van der Waals surface area contributed by atoms with Crippen LogP contribution in [-0.4, -0.2) is 26.6 Å². The normalized spacial score (nSPS) is 20.8. The van der Waals surface area contributed by atoms with E-state index in [-0.39, 0.29) is 23.3 Å². The first-order valence-electron chi connectivity index (χ1n) is 12.2. The van der Waals surface area contributed by atoms with Crippen LogP contribution in [0.5, 0.6) is 5.75 Å². The van der Waals surface area contributed by atoms with Gasteiger partial charge in [-0.05, 0) is 73.2 Å². The van der Waals surface area contributed by atoms with E-state index in [0.29, 0.717) is 5.75 Å². The van der Waals surface area contributed by atoms with Crippen molar-refractivity contribution in [2.45, 2.75) is 83.7 Å². The van der Waals surface area contributed by atoms with Crippen molar-refractivity contribution in [3.8, 4) is 5.75 Å². The van der Waals surface area contributed by atoms with Gasteiger partial charge in [0.05, 0.1) is 17.8 Å². The molecule has 0 spiro atoms. The van der Waals surface area contributed by atoms with Gasteiger partial charge in [-0.15, -0.1) is 0 Å². The number of carbonyl (C=O) groups is 1. The van der Waals surface area contributed by atoms with E-state index >= 15 is 0 Å². The molecule has 0 bridgehead atoms. The van der Waals surface area contributed by atoms with Crippen LogP contribution in [0.3, 0.4) is 0 Å². The fourth-order valence-corrected chi connectivity index (χ4v) is 6.14. The van der Waals surface area contributed by atoms with Crippen LogP contribution in [0.4, 0.5) is 10.5 Å². The van der Waals surface area contributed by atoms with Crippen LogP contribution in [0.1, 0.15) is 58.9 Å². The minimum atomic E-state index is -1.95. The van der Waals surface area contributed by atoms with Gasteiger partial charge in [-0.1, -0.05) is 64.1 Å². The van der Waals surface area contributed by atoms with Crippen LogP contribution in [0, 0.1) is 0 Å². The van der Waals surface area contributed by atoms with Gasteiger partial charge in [-0.25, -0.2) is 4.79 Å². The molecule has 0 saturated heterocycles. The van der Waals surface area contributed by atoms with E-state index in [2.05, 4.69) is 52.9 Å². The fraction of sp³-hybridized carbons (Fsp3) is 0.464. The minimum absolute atomic E-state index is 0.0167. The zero-order valence-electron chi connectivity index (χ0n) is 20.9. The summed E-state index contributed by atoms with van der Waals surface area (Å²) in [6.07, 6.45) is 3.71. The fourth-order valence-electron chi connectivity index (χ4n) is 4.83. The Kier molecular flexibility index (Phi) is 6.56. The van der Waals surface area contributed by atoms with Crippen molar-refractivity contribution in [3.05, 3.63) is 65.7 Å². The van der Waals surface area contributed by atoms with Gasteiger partial charge in [0, 0.05) is 5.56 Å². The van der Waals surface area contributed by atoms with Gasteiger partial charge in [0.25, 0.3) is 0 Å². The third-order valence-corrected chi connectivity index (χ3v) is 12.0. The third-order valence-electron chi connectivity index (χ3n) is 7.52. The number of benzene rings is 2. The first-order valence-corrected chi connectivity index (χ1v) is 15.1. The number of rotatable bonds is 4. The van der Waals surface area contributed by atoms with E-state index in [0.717, 1.165) is 36.9 Å². The summed E-state index contributed by atoms with van der Waals surface area (Å²) < 4.78 is 12.8. The average Bonchev–Trinajstić information content (AvgIpc) is 2.77. The Bertz CT molecular complexity index is 1040. The molecule has 33 heavy (non-hydrogen) atoms. The maximum absolute atomic E-state index is 13.5. The standard InChI is InChI=1S/C28H37NO3Si/c1-7-23-21-17-13-19-25(32-33(5,6)28(2,3)4)26(21)22-16-11-12-18-24(22)29(23)27(30)31-20-14-9-8-10-15-20/h8-12,14-16,18,23,25H,7,13,17,19H2,1-6H3. The number of nitrogens with zero attached hydrogens (tertiary/aromatic N) is 1. The molecule has 2 atom stereocenters. The summed E-state index contributed by atoms with van der Waals surface area (Å²) in [6, 6.07) is 17.6. The molecule has 1 amide bonds. The Hall–Kier alpha value is -2.37. The van der Waals surface area contributed by atoms with E-state index in [1.807, 2.05) is 47.4 Å². The monoisotopic (exact) mass is 463 g/mol. The van der Waals surface area contributed by atoms with Gasteiger partial charge in [-0.2, -0.15) is 0 Å². The Morgan fingerprint density at radius 1 is 1.06 bits per heavy atom. The molecule has 2 unspecified atom stereocenters. The maximum atomic E-state index is 13.5. The van der Waals surface area contributed by atoms with Crippen LogP contribution in [-0.2, 0) is 4.43 Å². The van der Waals surface area contributed by atoms with Gasteiger partial charge in [0.1, 0.15) is 5.75 Å². The summed E-state index contributed by atoms with van der Waals surface area (Å²) in [4.78, 5) is 15.3. The Morgan fingerprint density at radius 3 is 2.39 bits per heavy atom. The van der Waals surface area contributed by atoms with E-state index < -0.39 is 8.32 Å². The summed E-state index contributed by atoms with van der Waals surface area (Å²) in [7, 11) is -1.95. The number of para-hydroxylation sites is 2. The first-order chi connectivity index (χ1) is 15.6. The molecule has 0 N–H and O–H groups in total. The van der Waals surface area contributed by atoms with E-state index in [1.54, 1.807) is 0 Å². The van der Waals surface area contributed by atoms with Crippen molar-refractivity contribution < 1.29 is 14.0 Å². The van der Waals surface area contributed by atoms with E-state index in [4.69, 9.17) is 9.16 Å². The summed E-state index contributed by atoms with van der Waals surface area (Å²) in [5.74, 6) is 0.567. The van der Waals surface area contributed by atoms with Crippen LogP contribution in [0.25, 0.3) is 5.57 Å². The molecule has 5 heteroatoms. The predicted octanol–water partition coefficient (Wildman–Crippen LogP) is 7.81. The van der Waals surface area contributed by atoms with Gasteiger partial charge in [0.2, 0.25) is 0 Å². The number of carbonyl (C=O) groups excluding carboxylic acids is 1. The second kappa shape index (κ2) is 9.11. The predicted molar refractivity (Wildman–Crippen MR) is 138 cm³/mol. The molecular formula is C28H37NO3Si. The third kappa shape index (κ3) is 4.53. The molecule has 2 aliphatic rings. The highest BCUT2D eigenvalue weighted by molar-refractivity contribution is 6.74. The molecule has 4 nitrogen and oxygen atoms in total. The highest BCUT2D eigenvalue weighted by Gasteiger charge is 2.44. The molecule has 0 saturated carbocycles. The number of fused-ring (bicyclic) bond motifs is 2. The summed E-state index contributed by atoms with van der Waals surface area (Å²) in [6.45, 7) is 13.7. The van der Waals surface area contributed by atoms with Gasteiger partial charge < -0.3 is 9.16 Å². The van der Waals surface area contributed by atoms with E-state index in [1.165, 1.54) is 11.1 Å². The largest absolute Gasteiger partial charge is 0.420 e. The summed E-state index contributed by atoms with van der Waals surface area (Å²) in [5, 5.41) is 0.148. The highest BCUT2D eigenvalue weighted by Crippen LogP contribution is 2.49. The van der Waals surface area contributed by atoms with Crippen molar-refractivity contribution in [1.29, 1.82) is 0 Å². The molecule has 4 rings (SSSR count). The smallest absolute Gasteiger partial charge is 0.410 e. The number of hydrogen-bond donors (Lipinski definition) is 0. The van der Waals surface area contributed by atoms with E-state index in [9.17, 15) is 4.79 Å². The number of hydrogen-bond acceptors (Lipinski definition) is 3. The van der Waals surface area contributed by atoms with Gasteiger partial charge in [0.15, 0.2) is 8.32 Å². The number of anilines is 1. The molecule has 2 aromatic rings. The Morgan fingerprint density at radius 2 is 1.73 bits per heavy atom. The molecular weight excluding hydrogens is 426 g/mol. The minimum Gasteiger partial charge on any atom is -0.410 e. The lowest BCUT2D eigenvalue weighted by atomic mass is 9.77. The van der Waals surface area contributed by atoms with Crippen molar-refractivity contribution in [3.63, 3.8) is 0 Å². The topological polar surface area (TPSA) is 38.8 Å². The zero-order chi connectivity index (χ0) is 23.8. The molecule has 0 fully saturated rings. The van der Waals surface area contributed by atoms with Crippen LogP contribution >= 0.6 is 0 Å². The lowest BCUT2D eigenvalue weighted by molar-refractivity contribution is 0.201. The quantitative estimate of drug-likeness (QED) is 0.434. The first kappa shape index (κ1) is 23.8. The lowest BCUT2D eigenvalue weighted by Gasteiger charge is -2.46. The highest BCUT2D eigenvalue weighted by atomic mass is 28.4. The molecule has 0 radical (unpaired) electrons. The molecule has 176 valence electrons. The maximum Gasteiger partial charge on any atom is 0.420 e. The summed E-state index contributed by atoms with van der Waals surface area (Å²) >= 11 is 0. The van der Waals surface area contributed by atoms with Gasteiger partial charge >= 0.3 is 6.09 Å². The average molecular weight is 464 g/mol. The molecule has 0 aromatic heterocycles. The number of ether oxygens (including phenoxy) is 1. The van der Waals surface area contributed by atoms with Crippen molar-refractivity contribution in [2.75, 3.05) is 4.90 Å². The van der Waals surface area contributed by atoms with Gasteiger partial charge in [-0.3, -0.25) is 4.90 Å². The SMILES string of the molecule is CCC1C2=C(c3ccccc3N1C(=O)Oc1ccccc1)C(O[Si](C)(C)C(C)(C)C)CCC2. The molecule has 1 aliphatic heterocycles. The van der Waals surface area contributed by atoms with Crippen molar-refractivity contribution >= 4 is 25.7 Å². The number of amides is 1. The van der Waals surface area contributed by atoms with Crippen LogP contribution in [0.15, 0.2) is 60.2 Å². The molecule has 1 heterocycles. The van der Waals surface area contributed by atoms with Crippen molar-refractivity contribution in [1.82, 2.24) is 0 Å². The van der Waals surface area contributed by atoms with Crippen LogP contribution < -0.4 is 9.64 Å². The summed E-state index contributed by atoms with van der Waals surface area (Å²) in [5.41, 5.74) is 4.70. The molecule has 2 aromatic carbocycles. The Balaban J connectivity index is 1.76.